The molecule has 31 heavy (non-hydrogen) atoms. The highest BCUT2D eigenvalue weighted by Crippen LogP contribution is 2.19. The first-order valence-corrected chi connectivity index (χ1v) is 11.4. The zero-order valence-electron chi connectivity index (χ0n) is 18.7. The molecule has 3 atom stereocenters. The van der Waals surface area contributed by atoms with Gasteiger partial charge in [-0.3, -0.25) is 14.5 Å². The maximum Gasteiger partial charge on any atom is 0.237 e. The molecule has 164 valence electrons. The topological polar surface area (TPSA) is 49.4 Å². The van der Waals surface area contributed by atoms with Gasteiger partial charge in [-0.25, -0.2) is 0 Å². The Morgan fingerprint density at radius 1 is 1.06 bits per heavy atom. The first-order chi connectivity index (χ1) is 15.1. The summed E-state index contributed by atoms with van der Waals surface area (Å²) in [5.41, 5.74) is 1.83. The van der Waals surface area contributed by atoms with Gasteiger partial charge in [0.05, 0.1) is 18.6 Å². The van der Waals surface area contributed by atoms with Crippen molar-refractivity contribution in [2.45, 2.75) is 51.6 Å². The number of ketones is 1. The van der Waals surface area contributed by atoms with E-state index in [0.717, 1.165) is 37.8 Å². The molecule has 0 aromatic heterocycles. The van der Waals surface area contributed by atoms with Crippen LogP contribution in [0.2, 0.25) is 0 Å². The fraction of sp³-hybridized carbons (Fsp3) is 0.407. The molecule has 0 spiro atoms. The Bertz CT molecular complexity index is 863. The van der Waals surface area contributed by atoms with Crippen molar-refractivity contribution >= 4 is 17.8 Å². The summed E-state index contributed by atoms with van der Waals surface area (Å²) < 4.78 is 0. The largest absolute Gasteiger partial charge is 0.348 e. The van der Waals surface area contributed by atoms with Crippen molar-refractivity contribution in [3.63, 3.8) is 0 Å². The molecule has 2 aromatic rings. The SMILES string of the molecule is CC[C@H](C)[C@@H](/C=C/c1ccccc1)NC(=O)[C@@H]1CCCCN1CC(=O)c1ccccc1. The fourth-order valence-corrected chi connectivity index (χ4v) is 4.05. The van der Waals surface area contributed by atoms with E-state index >= 15 is 0 Å². The molecular formula is C27H34N2O2. The molecule has 1 saturated heterocycles. The first-order valence-electron chi connectivity index (χ1n) is 11.4. The molecular weight excluding hydrogens is 384 g/mol. The van der Waals surface area contributed by atoms with Crippen molar-refractivity contribution in [3.8, 4) is 0 Å². The Labute approximate surface area is 186 Å². The molecule has 0 unspecified atom stereocenters. The lowest BCUT2D eigenvalue weighted by Gasteiger charge is -2.35. The molecule has 4 heteroatoms. The van der Waals surface area contributed by atoms with Gasteiger partial charge in [-0.2, -0.15) is 0 Å². The second-order valence-corrected chi connectivity index (χ2v) is 8.46. The van der Waals surface area contributed by atoms with Crippen molar-refractivity contribution < 1.29 is 9.59 Å². The average molecular weight is 419 g/mol. The predicted octanol–water partition coefficient (Wildman–Crippen LogP) is 4.97. The van der Waals surface area contributed by atoms with Gasteiger partial charge in [0.25, 0.3) is 0 Å². The lowest BCUT2D eigenvalue weighted by molar-refractivity contribution is -0.128. The van der Waals surface area contributed by atoms with Crippen LogP contribution >= 0.6 is 0 Å². The van der Waals surface area contributed by atoms with Gasteiger partial charge in [0.1, 0.15) is 0 Å². The number of likely N-dealkylation sites (tertiary alicyclic amines) is 1. The molecule has 1 heterocycles. The van der Waals surface area contributed by atoms with Gasteiger partial charge in [0.2, 0.25) is 5.91 Å². The Morgan fingerprint density at radius 2 is 1.74 bits per heavy atom. The van der Waals surface area contributed by atoms with Gasteiger partial charge in [-0.1, -0.05) is 99.5 Å². The number of Topliss-reactive ketones (excluding diaryl/α,β-unsaturated/α-hetero) is 1. The number of benzene rings is 2. The molecule has 4 nitrogen and oxygen atoms in total. The summed E-state index contributed by atoms with van der Waals surface area (Å²) in [5, 5.41) is 3.27. The number of hydrogen-bond donors (Lipinski definition) is 1. The van der Waals surface area contributed by atoms with Crippen LogP contribution in [0.15, 0.2) is 66.7 Å². The summed E-state index contributed by atoms with van der Waals surface area (Å²) in [6.07, 6.45) is 7.99. The normalized spacial score (nSPS) is 19.1. The molecule has 3 rings (SSSR count). The summed E-state index contributed by atoms with van der Waals surface area (Å²) in [6.45, 7) is 5.38. The van der Waals surface area contributed by atoms with E-state index in [-0.39, 0.29) is 30.3 Å². The van der Waals surface area contributed by atoms with E-state index in [4.69, 9.17) is 0 Å². The Kier molecular flexibility index (Phi) is 8.60. The molecule has 1 N–H and O–H groups in total. The number of nitrogens with zero attached hydrogens (tertiary/aromatic N) is 1. The average Bonchev–Trinajstić information content (AvgIpc) is 2.82. The minimum atomic E-state index is -0.252. The summed E-state index contributed by atoms with van der Waals surface area (Å²) in [7, 11) is 0. The van der Waals surface area contributed by atoms with Crippen LogP contribution in [-0.4, -0.2) is 41.8 Å². The Balaban J connectivity index is 1.68. The standard InChI is InChI=1S/C27H34N2O2/c1-3-21(2)24(18-17-22-12-6-4-7-13-22)28-27(31)25-16-10-11-19-29(25)20-26(30)23-14-8-5-9-15-23/h4-9,12-15,17-18,21,24-25H,3,10-11,16,19-20H2,1-2H3,(H,28,31)/b18-17+/t21-,24+,25-/m0/s1. The van der Waals surface area contributed by atoms with Crippen LogP contribution in [-0.2, 0) is 4.79 Å². The third kappa shape index (κ3) is 6.63. The minimum absolute atomic E-state index is 0.0311. The number of hydrogen-bond acceptors (Lipinski definition) is 3. The lowest BCUT2D eigenvalue weighted by Crippen LogP contribution is -2.53. The number of amides is 1. The number of carbonyl (C=O) groups excluding carboxylic acids is 2. The van der Waals surface area contributed by atoms with Crippen molar-refractivity contribution in [2.75, 3.05) is 13.1 Å². The van der Waals surface area contributed by atoms with Crippen LogP contribution in [0.25, 0.3) is 6.08 Å². The monoisotopic (exact) mass is 418 g/mol. The Morgan fingerprint density at radius 3 is 2.42 bits per heavy atom. The number of rotatable bonds is 9. The van der Waals surface area contributed by atoms with Gasteiger partial charge in [0.15, 0.2) is 5.78 Å². The molecule has 0 radical (unpaired) electrons. The quantitative estimate of drug-likeness (QED) is 0.585. The molecule has 0 saturated carbocycles. The predicted molar refractivity (Wildman–Crippen MR) is 127 cm³/mol. The molecule has 1 amide bonds. The minimum Gasteiger partial charge on any atom is -0.348 e. The second kappa shape index (κ2) is 11.6. The van der Waals surface area contributed by atoms with Crippen LogP contribution in [0.5, 0.6) is 0 Å². The zero-order chi connectivity index (χ0) is 22.1. The van der Waals surface area contributed by atoms with Gasteiger partial charge in [-0.05, 0) is 30.9 Å². The van der Waals surface area contributed by atoms with E-state index in [9.17, 15) is 9.59 Å². The van der Waals surface area contributed by atoms with Crippen molar-refractivity contribution in [1.82, 2.24) is 10.2 Å². The van der Waals surface area contributed by atoms with E-state index in [1.54, 1.807) is 0 Å². The van der Waals surface area contributed by atoms with Gasteiger partial charge >= 0.3 is 0 Å². The number of carbonyl (C=O) groups is 2. The summed E-state index contributed by atoms with van der Waals surface area (Å²) >= 11 is 0. The highest BCUT2D eigenvalue weighted by Gasteiger charge is 2.31. The molecule has 0 bridgehead atoms. The molecule has 1 fully saturated rings. The van der Waals surface area contributed by atoms with Crippen molar-refractivity contribution in [3.05, 3.63) is 77.9 Å². The first kappa shape index (κ1) is 23.0. The maximum absolute atomic E-state index is 13.3. The van der Waals surface area contributed by atoms with E-state index in [2.05, 4.69) is 48.3 Å². The highest BCUT2D eigenvalue weighted by molar-refractivity contribution is 5.98. The highest BCUT2D eigenvalue weighted by atomic mass is 16.2. The zero-order valence-corrected chi connectivity index (χ0v) is 18.7. The van der Waals surface area contributed by atoms with Gasteiger partial charge in [0, 0.05) is 5.56 Å². The number of piperidine rings is 1. The van der Waals surface area contributed by atoms with E-state index in [1.165, 1.54) is 0 Å². The Hall–Kier alpha value is -2.72. The number of nitrogens with one attached hydrogen (secondary N) is 1. The summed E-state index contributed by atoms with van der Waals surface area (Å²) in [4.78, 5) is 28.1. The van der Waals surface area contributed by atoms with Crippen molar-refractivity contribution in [1.29, 1.82) is 0 Å². The summed E-state index contributed by atoms with van der Waals surface area (Å²) in [6, 6.07) is 19.2. The second-order valence-electron chi connectivity index (χ2n) is 8.46. The molecule has 0 aliphatic carbocycles. The molecule has 1 aliphatic heterocycles. The van der Waals surface area contributed by atoms with Gasteiger partial charge in [-0.15, -0.1) is 0 Å². The van der Waals surface area contributed by atoms with Crippen LogP contribution in [0.3, 0.4) is 0 Å². The lowest BCUT2D eigenvalue weighted by atomic mass is 9.95. The molecule has 1 aliphatic rings. The third-order valence-electron chi connectivity index (χ3n) is 6.22. The molecule has 2 aromatic carbocycles. The van der Waals surface area contributed by atoms with Crippen LogP contribution in [0, 0.1) is 5.92 Å². The van der Waals surface area contributed by atoms with Gasteiger partial charge < -0.3 is 5.32 Å². The van der Waals surface area contributed by atoms with Crippen LogP contribution in [0.1, 0.15) is 55.5 Å². The van der Waals surface area contributed by atoms with Crippen LogP contribution in [0.4, 0.5) is 0 Å². The summed E-state index contributed by atoms with van der Waals surface area (Å²) in [5.74, 6) is 0.429. The van der Waals surface area contributed by atoms with Crippen LogP contribution < -0.4 is 5.32 Å². The maximum atomic E-state index is 13.3. The van der Waals surface area contributed by atoms with E-state index < -0.39 is 0 Å². The fourth-order valence-electron chi connectivity index (χ4n) is 4.05. The van der Waals surface area contributed by atoms with E-state index in [1.807, 2.05) is 48.5 Å². The smallest absolute Gasteiger partial charge is 0.237 e. The third-order valence-corrected chi connectivity index (χ3v) is 6.22. The van der Waals surface area contributed by atoms with Crippen molar-refractivity contribution in [2.24, 2.45) is 5.92 Å². The van der Waals surface area contributed by atoms with E-state index in [0.29, 0.717) is 11.5 Å².